The van der Waals surface area contributed by atoms with Gasteiger partial charge >= 0.3 is 0 Å². The molecule has 0 radical (unpaired) electrons. The monoisotopic (exact) mass is 229 g/mol. The molecule has 0 aromatic heterocycles. The number of carbonyl (C=O) groups excluding carboxylic acids is 1. The van der Waals surface area contributed by atoms with Gasteiger partial charge in [-0.2, -0.15) is 0 Å². The Morgan fingerprint density at radius 2 is 1.94 bits per heavy atom. The molecule has 0 aromatic carbocycles. The number of hydrogen-bond donors (Lipinski definition) is 2. The Bertz CT molecular complexity index is 183. The van der Waals surface area contributed by atoms with Crippen LogP contribution in [-0.2, 0) is 4.79 Å². The van der Waals surface area contributed by atoms with Crippen molar-refractivity contribution >= 4 is 5.91 Å². The van der Waals surface area contributed by atoms with Crippen molar-refractivity contribution in [2.24, 2.45) is 0 Å². The lowest BCUT2D eigenvalue weighted by Gasteiger charge is -2.14. The Morgan fingerprint density at radius 3 is 2.50 bits per heavy atom. The summed E-state index contributed by atoms with van der Waals surface area (Å²) >= 11 is 0. The maximum absolute atomic E-state index is 11.5. The summed E-state index contributed by atoms with van der Waals surface area (Å²) < 4.78 is 0. The van der Waals surface area contributed by atoms with Gasteiger partial charge in [-0.25, -0.2) is 0 Å². The quantitative estimate of drug-likeness (QED) is 0.576. The average Bonchev–Trinajstić information content (AvgIpc) is 2.24. The highest BCUT2D eigenvalue weighted by atomic mass is 16.2. The van der Waals surface area contributed by atoms with Crippen LogP contribution in [0.3, 0.4) is 0 Å². The van der Waals surface area contributed by atoms with E-state index in [4.69, 9.17) is 0 Å². The van der Waals surface area contributed by atoms with Gasteiger partial charge in [0, 0.05) is 6.54 Å². The molecular formula is C12H27N3O. The van der Waals surface area contributed by atoms with Gasteiger partial charge in [0.05, 0.1) is 6.04 Å². The van der Waals surface area contributed by atoms with Crippen molar-refractivity contribution in [2.45, 2.75) is 39.2 Å². The third-order valence-electron chi connectivity index (χ3n) is 2.43. The summed E-state index contributed by atoms with van der Waals surface area (Å²) in [7, 11) is 4.16. The van der Waals surface area contributed by atoms with E-state index in [2.05, 4.69) is 36.6 Å². The number of amides is 1. The first-order chi connectivity index (χ1) is 7.57. The zero-order valence-corrected chi connectivity index (χ0v) is 11.2. The standard InChI is InChI=1S/C12H27N3O/c1-5-8-14-12(16)11(2)13-9-6-7-10-15(3)4/h11,13H,5-10H2,1-4H3,(H,14,16). The molecular weight excluding hydrogens is 202 g/mol. The number of nitrogens with zero attached hydrogens (tertiary/aromatic N) is 1. The van der Waals surface area contributed by atoms with Crippen LogP contribution in [0.5, 0.6) is 0 Å². The van der Waals surface area contributed by atoms with Gasteiger partial charge in [-0.05, 0) is 53.4 Å². The van der Waals surface area contributed by atoms with Gasteiger partial charge in [0.25, 0.3) is 0 Å². The lowest BCUT2D eigenvalue weighted by molar-refractivity contribution is -0.122. The number of rotatable bonds is 9. The maximum atomic E-state index is 11.5. The second-order valence-corrected chi connectivity index (χ2v) is 4.48. The van der Waals surface area contributed by atoms with E-state index in [1.54, 1.807) is 0 Å². The molecule has 0 aliphatic heterocycles. The van der Waals surface area contributed by atoms with E-state index in [1.165, 1.54) is 6.42 Å². The average molecular weight is 229 g/mol. The lowest BCUT2D eigenvalue weighted by atomic mass is 10.2. The zero-order chi connectivity index (χ0) is 12.4. The summed E-state index contributed by atoms with van der Waals surface area (Å²) in [6.45, 7) is 6.76. The van der Waals surface area contributed by atoms with Crippen LogP contribution in [0.2, 0.25) is 0 Å². The summed E-state index contributed by atoms with van der Waals surface area (Å²) in [5.41, 5.74) is 0. The largest absolute Gasteiger partial charge is 0.355 e. The predicted octanol–water partition coefficient (Wildman–Crippen LogP) is 0.833. The van der Waals surface area contributed by atoms with Crippen molar-refractivity contribution in [1.82, 2.24) is 15.5 Å². The summed E-state index contributed by atoms with van der Waals surface area (Å²) in [6.07, 6.45) is 3.27. The van der Waals surface area contributed by atoms with Crippen LogP contribution < -0.4 is 10.6 Å². The third-order valence-corrected chi connectivity index (χ3v) is 2.43. The van der Waals surface area contributed by atoms with Gasteiger partial charge in [0.1, 0.15) is 0 Å². The van der Waals surface area contributed by atoms with Crippen LogP contribution in [0.15, 0.2) is 0 Å². The molecule has 1 atom stereocenters. The van der Waals surface area contributed by atoms with E-state index in [-0.39, 0.29) is 11.9 Å². The minimum Gasteiger partial charge on any atom is -0.355 e. The molecule has 0 saturated heterocycles. The van der Waals surface area contributed by atoms with E-state index in [1.807, 2.05) is 6.92 Å². The minimum atomic E-state index is -0.0779. The molecule has 96 valence electrons. The van der Waals surface area contributed by atoms with Crippen LogP contribution in [0, 0.1) is 0 Å². The fraction of sp³-hybridized carbons (Fsp3) is 0.917. The molecule has 0 heterocycles. The minimum absolute atomic E-state index is 0.0779. The van der Waals surface area contributed by atoms with Gasteiger partial charge in [-0.3, -0.25) is 4.79 Å². The van der Waals surface area contributed by atoms with E-state index >= 15 is 0 Å². The first-order valence-corrected chi connectivity index (χ1v) is 6.23. The van der Waals surface area contributed by atoms with Crippen LogP contribution in [0.4, 0.5) is 0 Å². The SMILES string of the molecule is CCCNC(=O)C(C)NCCCCN(C)C. The molecule has 0 bridgehead atoms. The number of hydrogen-bond acceptors (Lipinski definition) is 3. The zero-order valence-electron chi connectivity index (χ0n) is 11.2. The van der Waals surface area contributed by atoms with Crippen molar-refractivity contribution in [3.05, 3.63) is 0 Å². The molecule has 0 aromatic rings. The molecule has 1 unspecified atom stereocenters. The van der Waals surface area contributed by atoms with E-state index in [0.717, 1.165) is 32.5 Å². The van der Waals surface area contributed by atoms with Crippen molar-refractivity contribution in [2.75, 3.05) is 33.7 Å². The fourth-order valence-corrected chi connectivity index (χ4v) is 1.37. The summed E-state index contributed by atoms with van der Waals surface area (Å²) in [5, 5.41) is 6.12. The Morgan fingerprint density at radius 1 is 1.25 bits per heavy atom. The Hall–Kier alpha value is -0.610. The Labute approximate surface area is 99.8 Å². The van der Waals surface area contributed by atoms with Crippen LogP contribution in [0.25, 0.3) is 0 Å². The Balaban J connectivity index is 3.42. The smallest absolute Gasteiger partial charge is 0.236 e. The normalized spacial score (nSPS) is 12.8. The van der Waals surface area contributed by atoms with Crippen molar-refractivity contribution in [3.63, 3.8) is 0 Å². The maximum Gasteiger partial charge on any atom is 0.236 e. The Kier molecular flexibility index (Phi) is 9.24. The van der Waals surface area contributed by atoms with Crippen LogP contribution in [0.1, 0.15) is 33.1 Å². The molecule has 0 saturated carbocycles. The van der Waals surface area contributed by atoms with Gasteiger partial charge in [-0.1, -0.05) is 6.92 Å². The molecule has 0 aliphatic carbocycles. The van der Waals surface area contributed by atoms with Crippen LogP contribution in [-0.4, -0.2) is 50.6 Å². The predicted molar refractivity (Wildman–Crippen MR) is 68.6 cm³/mol. The number of unbranched alkanes of at least 4 members (excludes halogenated alkanes) is 1. The topological polar surface area (TPSA) is 44.4 Å². The van der Waals surface area contributed by atoms with Crippen molar-refractivity contribution in [3.8, 4) is 0 Å². The molecule has 0 spiro atoms. The highest BCUT2D eigenvalue weighted by Crippen LogP contribution is 1.90. The third kappa shape index (κ3) is 8.68. The second-order valence-electron chi connectivity index (χ2n) is 4.48. The molecule has 0 fully saturated rings. The lowest BCUT2D eigenvalue weighted by Crippen LogP contribution is -2.42. The summed E-state index contributed by atoms with van der Waals surface area (Å²) in [4.78, 5) is 13.7. The number of carbonyl (C=O) groups is 1. The van der Waals surface area contributed by atoms with Gasteiger partial charge < -0.3 is 15.5 Å². The van der Waals surface area contributed by atoms with Gasteiger partial charge in [0.15, 0.2) is 0 Å². The van der Waals surface area contributed by atoms with E-state index < -0.39 is 0 Å². The molecule has 0 rings (SSSR count). The molecule has 1 amide bonds. The first-order valence-electron chi connectivity index (χ1n) is 6.23. The molecule has 2 N–H and O–H groups in total. The van der Waals surface area contributed by atoms with Crippen molar-refractivity contribution < 1.29 is 4.79 Å². The summed E-state index contributed by atoms with van der Waals surface area (Å²) in [5.74, 6) is 0.106. The molecule has 4 heteroatoms. The van der Waals surface area contributed by atoms with Gasteiger partial charge in [0.2, 0.25) is 5.91 Å². The molecule has 0 aliphatic rings. The number of nitrogens with one attached hydrogen (secondary N) is 2. The highest BCUT2D eigenvalue weighted by molar-refractivity contribution is 5.81. The van der Waals surface area contributed by atoms with Crippen LogP contribution >= 0.6 is 0 Å². The summed E-state index contributed by atoms with van der Waals surface area (Å²) in [6, 6.07) is -0.0779. The fourth-order valence-electron chi connectivity index (χ4n) is 1.37. The molecule has 4 nitrogen and oxygen atoms in total. The second kappa shape index (κ2) is 9.60. The highest BCUT2D eigenvalue weighted by Gasteiger charge is 2.09. The van der Waals surface area contributed by atoms with Crippen molar-refractivity contribution in [1.29, 1.82) is 0 Å². The van der Waals surface area contributed by atoms with E-state index in [0.29, 0.717) is 0 Å². The molecule has 16 heavy (non-hydrogen) atoms. The first kappa shape index (κ1) is 15.4. The van der Waals surface area contributed by atoms with E-state index in [9.17, 15) is 4.79 Å². The van der Waals surface area contributed by atoms with Gasteiger partial charge in [-0.15, -0.1) is 0 Å².